The van der Waals surface area contributed by atoms with E-state index in [2.05, 4.69) is 16.3 Å². The van der Waals surface area contributed by atoms with Gasteiger partial charge in [0.15, 0.2) is 0 Å². The molecule has 0 aliphatic rings. The van der Waals surface area contributed by atoms with Crippen molar-refractivity contribution in [1.29, 1.82) is 0 Å². The van der Waals surface area contributed by atoms with Crippen molar-refractivity contribution < 1.29 is 14.6 Å². The molecule has 1 N–H and O–H groups in total. The molecule has 0 unspecified atom stereocenters. The number of carbonyl (C=O) groups excluding carboxylic acids is 1. The summed E-state index contributed by atoms with van der Waals surface area (Å²) >= 11 is 0. The average molecular weight is 223 g/mol. The molecule has 4 nitrogen and oxygen atoms in total. The van der Waals surface area contributed by atoms with Crippen LogP contribution in [0.25, 0.3) is 0 Å². The molecule has 0 aliphatic heterocycles. The monoisotopic (exact) mass is 223 g/mol. The minimum atomic E-state index is -0.407. The largest absolute Gasteiger partial charge is 0.466 e. The summed E-state index contributed by atoms with van der Waals surface area (Å²) in [5.74, 6) is -0.407. The van der Waals surface area contributed by atoms with Crippen molar-refractivity contribution in [3.63, 3.8) is 0 Å². The Balaban J connectivity index is 4.47. The molecule has 0 amide bonds. The van der Waals surface area contributed by atoms with Crippen LogP contribution >= 0.6 is 0 Å². The van der Waals surface area contributed by atoms with E-state index in [1.807, 2.05) is 0 Å². The normalized spacial score (nSPS) is 12.2. The van der Waals surface area contributed by atoms with E-state index >= 15 is 0 Å². The summed E-state index contributed by atoms with van der Waals surface area (Å²) in [7, 11) is 1.32. The Morgan fingerprint density at radius 2 is 2.25 bits per heavy atom. The Morgan fingerprint density at radius 1 is 1.50 bits per heavy atom. The van der Waals surface area contributed by atoms with E-state index in [0.29, 0.717) is 12.8 Å². The summed E-state index contributed by atoms with van der Waals surface area (Å²) < 4.78 is 4.48. The second-order valence-corrected chi connectivity index (χ2v) is 2.91. The Morgan fingerprint density at radius 3 is 2.81 bits per heavy atom. The van der Waals surface area contributed by atoms with Gasteiger partial charge in [-0.05, 0) is 24.5 Å². The first-order valence-electron chi connectivity index (χ1n) is 4.94. The molecule has 0 rings (SSSR count). The maximum Gasteiger partial charge on any atom is 0.330 e. The third-order valence-corrected chi connectivity index (χ3v) is 1.74. The number of carbonyl (C=O) groups is 1. The van der Waals surface area contributed by atoms with Crippen LogP contribution in [0.2, 0.25) is 0 Å². The maximum atomic E-state index is 10.9. The molecule has 0 aromatic carbocycles. The quantitative estimate of drug-likeness (QED) is 0.309. The number of aliphatic hydroxyl groups is 1. The van der Waals surface area contributed by atoms with Crippen molar-refractivity contribution in [2.75, 3.05) is 13.7 Å². The fraction of sp³-hybridized carbons (Fsp3) is 0.333. The van der Waals surface area contributed by atoms with Crippen LogP contribution in [-0.4, -0.2) is 31.0 Å². The molecule has 0 aliphatic carbocycles. The second kappa shape index (κ2) is 9.86. The van der Waals surface area contributed by atoms with Gasteiger partial charge < -0.3 is 9.84 Å². The summed E-state index contributed by atoms with van der Waals surface area (Å²) in [4.78, 5) is 14.7. The molecule has 0 spiro atoms. The lowest BCUT2D eigenvalue weighted by Gasteiger charge is -1.98. The summed E-state index contributed by atoms with van der Waals surface area (Å²) in [5, 5.41) is 8.72. The van der Waals surface area contributed by atoms with Crippen molar-refractivity contribution >= 4 is 12.2 Å². The zero-order valence-electron chi connectivity index (χ0n) is 9.43. The number of aliphatic imine (C=N–C) groups is 1. The minimum absolute atomic E-state index is 0.113. The number of methoxy groups -OCH3 is 1. The number of aliphatic hydroxyl groups excluding tert-OH is 1. The summed E-state index contributed by atoms with van der Waals surface area (Å²) in [6.07, 6.45) is 9.07. The van der Waals surface area contributed by atoms with Crippen LogP contribution in [-0.2, 0) is 9.53 Å². The predicted molar refractivity (Wildman–Crippen MR) is 64.2 cm³/mol. The number of allylic oxidation sites excluding steroid dienone is 3. The minimum Gasteiger partial charge on any atom is -0.466 e. The standard InChI is InChI=1S/C12H17NO3/c1-3-13-9-8-11(5-4-10-14)6-7-12(15)16-2/h3,6-9,14H,1,4-5,10H2,2H3/b7-6+,11-8-,13-9?. The molecule has 0 saturated carbocycles. The van der Waals surface area contributed by atoms with Gasteiger partial charge in [-0.15, -0.1) is 0 Å². The van der Waals surface area contributed by atoms with E-state index in [9.17, 15) is 4.79 Å². The van der Waals surface area contributed by atoms with Crippen LogP contribution in [0.4, 0.5) is 0 Å². The highest BCUT2D eigenvalue weighted by atomic mass is 16.5. The molecule has 4 heteroatoms. The number of rotatable bonds is 7. The molecule has 0 heterocycles. The molecule has 0 fully saturated rings. The van der Waals surface area contributed by atoms with Gasteiger partial charge in [-0.1, -0.05) is 12.7 Å². The molecule has 0 atom stereocenters. The fourth-order valence-corrected chi connectivity index (χ4v) is 0.948. The van der Waals surface area contributed by atoms with Gasteiger partial charge in [-0.25, -0.2) is 4.79 Å². The van der Waals surface area contributed by atoms with Gasteiger partial charge in [0.05, 0.1) is 7.11 Å². The smallest absolute Gasteiger partial charge is 0.330 e. The van der Waals surface area contributed by atoms with Crippen LogP contribution in [0.1, 0.15) is 12.8 Å². The van der Waals surface area contributed by atoms with Gasteiger partial charge in [0.1, 0.15) is 0 Å². The van der Waals surface area contributed by atoms with Gasteiger partial charge in [0, 0.05) is 25.1 Å². The second-order valence-electron chi connectivity index (χ2n) is 2.91. The van der Waals surface area contributed by atoms with E-state index < -0.39 is 5.97 Å². The molecule has 0 saturated heterocycles. The van der Waals surface area contributed by atoms with Crippen LogP contribution in [0, 0.1) is 0 Å². The third-order valence-electron chi connectivity index (χ3n) is 1.74. The predicted octanol–water partition coefficient (Wildman–Crippen LogP) is 1.63. The molecule has 0 radical (unpaired) electrons. The van der Waals surface area contributed by atoms with Crippen LogP contribution in [0.15, 0.2) is 41.6 Å². The van der Waals surface area contributed by atoms with Gasteiger partial charge in [-0.3, -0.25) is 4.99 Å². The van der Waals surface area contributed by atoms with Gasteiger partial charge >= 0.3 is 5.97 Å². The van der Waals surface area contributed by atoms with E-state index in [4.69, 9.17) is 5.11 Å². The van der Waals surface area contributed by atoms with Crippen molar-refractivity contribution in [2.24, 2.45) is 4.99 Å². The molecule has 88 valence electrons. The number of hydrogen-bond donors (Lipinski definition) is 1. The first kappa shape index (κ1) is 14.3. The highest BCUT2D eigenvalue weighted by Crippen LogP contribution is 2.06. The van der Waals surface area contributed by atoms with Crippen molar-refractivity contribution in [3.05, 3.63) is 36.6 Å². The summed E-state index contributed by atoms with van der Waals surface area (Å²) in [6, 6.07) is 0. The first-order valence-corrected chi connectivity index (χ1v) is 4.94. The number of ether oxygens (including phenoxy) is 1. The third kappa shape index (κ3) is 7.70. The Hall–Kier alpha value is -1.68. The number of nitrogens with zero attached hydrogens (tertiary/aromatic N) is 1. The van der Waals surface area contributed by atoms with Gasteiger partial charge in [0.25, 0.3) is 0 Å². The lowest BCUT2D eigenvalue weighted by atomic mass is 10.1. The highest BCUT2D eigenvalue weighted by Gasteiger charge is 1.95. The van der Waals surface area contributed by atoms with Crippen molar-refractivity contribution in [1.82, 2.24) is 0 Å². The molecule has 0 bridgehead atoms. The average Bonchev–Trinajstić information content (AvgIpc) is 2.31. The van der Waals surface area contributed by atoms with Crippen molar-refractivity contribution in [3.8, 4) is 0 Å². The van der Waals surface area contributed by atoms with Crippen LogP contribution in [0.5, 0.6) is 0 Å². The van der Waals surface area contributed by atoms with Gasteiger partial charge in [0.2, 0.25) is 0 Å². The lowest BCUT2D eigenvalue weighted by Crippen LogP contribution is -1.94. The first-order chi connectivity index (χ1) is 7.74. The SMILES string of the molecule is C=CN=C/C=C(\C=C\C(=O)OC)CCCO. The molecular formula is C12H17NO3. The summed E-state index contributed by atoms with van der Waals surface area (Å²) in [6.45, 7) is 3.56. The zero-order chi connectivity index (χ0) is 12.2. The van der Waals surface area contributed by atoms with Crippen LogP contribution in [0.3, 0.4) is 0 Å². The summed E-state index contributed by atoms with van der Waals surface area (Å²) in [5.41, 5.74) is 0.894. The highest BCUT2D eigenvalue weighted by molar-refractivity contribution is 5.83. The molecule has 0 aromatic heterocycles. The zero-order valence-corrected chi connectivity index (χ0v) is 9.43. The lowest BCUT2D eigenvalue weighted by molar-refractivity contribution is -0.134. The molecular weight excluding hydrogens is 206 g/mol. The van der Waals surface area contributed by atoms with Crippen LogP contribution < -0.4 is 0 Å². The number of esters is 1. The Bertz CT molecular complexity index is 303. The Labute approximate surface area is 95.6 Å². The van der Waals surface area contributed by atoms with E-state index in [0.717, 1.165) is 5.57 Å². The van der Waals surface area contributed by atoms with E-state index in [1.54, 1.807) is 18.4 Å². The van der Waals surface area contributed by atoms with Crippen molar-refractivity contribution in [2.45, 2.75) is 12.8 Å². The molecule has 0 aromatic rings. The topological polar surface area (TPSA) is 58.9 Å². The van der Waals surface area contributed by atoms with E-state index in [-0.39, 0.29) is 6.61 Å². The molecule has 16 heavy (non-hydrogen) atoms. The van der Waals surface area contributed by atoms with Gasteiger partial charge in [-0.2, -0.15) is 0 Å². The Kier molecular flexibility index (Phi) is 8.82. The maximum absolute atomic E-state index is 10.9. The van der Waals surface area contributed by atoms with E-state index in [1.165, 1.54) is 19.4 Å². The fourth-order valence-electron chi connectivity index (χ4n) is 0.948. The number of hydrogen-bond acceptors (Lipinski definition) is 4.